The first-order valence-corrected chi connectivity index (χ1v) is 4.28. The van der Waals surface area contributed by atoms with Crippen LogP contribution in [0.25, 0.3) is 0 Å². The SMILES string of the molecule is C\C=C/C=C\C=C\C(C)(C)[SH2+]. The fraction of sp³-hybridized carbons (Fsp3) is 0.400. The van der Waals surface area contributed by atoms with E-state index in [1.807, 2.05) is 37.3 Å². The minimum Gasteiger partial charge on any atom is -0.0877 e. The molecule has 0 aromatic heterocycles. The van der Waals surface area contributed by atoms with Crippen LogP contribution < -0.4 is 0 Å². The van der Waals surface area contributed by atoms with E-state index in [9.17, 15) is 0 Å². The summed E-state index contributed by atoms with van der Waals surface area (Å²) in [5.41, 5.74) is 0. The molecule has 62 valence electrons. The van der Waals surface area contributed by atoms with Crippen molar-refractivity contribution in [2.75, 3.05) is 0 Å². The highest BCUT2D eigenvalue weighted by atomic mass is 32.1. The van der Waals surface area contributed by atoms with Crippen molar-refractivity contribution >= 4 is 12.6 Å². The molecule has 0 rings (SSSR count). The van der Waals surface area contributed by atoms with Crippen molar-refractivity contribution in [3.8, 4) is 0 Å². The predicted molar refractivity (Wildman–Crippen MR) is 57.3 cm³/mol. The van der Waals surface area contributed by atoms with Gasteiger partial charge in [-0.2, -0.15) is 0 Å². The van der Waals surface area contributed by atoms with Gasteiger partial charge in [-0.1, -0.05) is 30.4 Å². The van der Waals surface area contributed by atoms with Gasteiger partial charge in [-0.05, 0) is 39.5 Å². The Bertz CT molecular complexity index is 168. The van der Waals surface area contributed by atoms with Crippen molar-refractivity contribution in [1.82, 2.24) is 0 Å². The van der Waals surface area contributed by atoms with Crippen LogP contribution in [-0.2, 0) is 12.6 Å². The molecule has 0 radical (unpaired) electrons. The zero-order chi connectivity index (χ0) is 8.74. The normalized spacial score (nSPS) is 14.2. The number of hydrogen-bond donors (Lipinski definition) is 0. The van der Waals surface area contributed by atoms with Crippen molar-refractivity contribution in [3.05, 3.63) is 36.5 Å². The fourth-order valence-electron chi connectivity index (χ4n) is 0.536. The maximum Gasteiger partial charge on any atom is 0.136 e. The Morgan fingerprint density at radius 1 is 1.00 bits per heavy atom. The Morgan fingerprint density at radius 2 is 1.55 bits per heavy atom. The van der Waals surface area contributed by atoms with Gasteiger partial charge in [0.05, 0.1) is 0 Å². The molecular weight excluding hydrogens is 152 g/mol. The van der Waals surface area contributed by atoms with E-state index in [-0.39, 0.29) is 4.75 Å². The zero-order valence-electron chi connectivity index (χ0n) is 7.46. The summed E-state index contributed by atoms with van der Waals surface area (Å²) in [6.45, 7) is 6.20. The van der Waals surface area contributed by atoms with E-state index >= 15 is 0 Å². The molecule has 0 N–H and O–H groups in total. The highest BCUT2D eigenvalue weighted by Crippen LogP contribution is 2.04. The summed E-state index contributed by atoms with van der Waals surface area (Å²) >= 11 is 3.56. The molecule has 0 spiro atoms. The second-order valence-electron chi connectivity index (χ2n) is 2.99. The molecule has 0 saturated carbocycles. The predicted octanol–water partition coefficient (Wildman–Crippen LogP) is 2.47. The van der Waals surface area contributed by atoms with Crippen LogP contribution in [0.3, 0.4) is 0 Å². The lowest BCUT2D eigenvalue weighted by atomic mass is 10.2. The number of rotatable bonds is 3. The molecular formula is C10H17S+. The summed E-state index contributed by atoms with van der Waals surface area (Å²) in [5.74, 6) is 0. The van der Waals surface area contributed by atoms with Crippen molar-refractivity contribution in [2.24, 2.45) is 0 Å². The lowest BCUT2D eigenvalue weighted by Gasteiger charge is -2.00. The second kappa shape index (κ2) is 5.25. The number of allylic oxidation sites excluding steroid dienone is 5. The number of hydrogen-bond acceptors (Lipinski definition) is 0. The van der Waals surface area contributed by atoms with Crippen molar-refractivity contribution in [1.29, 1.82) is 0 Å². The van der Waals surface area contributed by atoms with Crippen LogP contribution in [0.1, 0.15) is 20.8 Å². The third-order valence-electron chi connectivity index (χ3n) is 1.04. The van der Waals surface area contributed by atoms with Crippen molar-refractivity contribution in [3.63, 3.8) is 0 Å². The van der Waals surface area contributed by atoms with Crippen LogP contribution in [0.15, 0.2) is 36.5 Å². The fourth-order valence-corrected chi connectivity index (χ4v) is 0.632. The summed E-state index contributed by atoms with van der Waals surface area (Å²) in [6, 6.07) is 0. The van der Waals surface area contributed by atoms with Gasteiger partial charge in [-0.3, -0.25) is 0 Å². The molecule has 0 aliphatic rings. The Kier molecular flexibility index (Phi) is 5.05. The van der Waals surface area contributed by atoms with Crippen molar-refractivity contribution < 1.29 is 0 Å². The van der Waals surface area contributed by atoms with E-state index in [1.54, 1.807) is 0 Å². The van der Waals surface area contributed by atoms with E-state index in [0.29, 0.717) is 0 Å². The van der Waals surface area contributed by atoms with Gasteiger partial charge in [0.1, 0.15) is 4.75 Å². The summed E-state index contributed by atoms with van der Waals surface area (Å²) in [7, 11) is 0. The first-order valence-electron chi connectivity index (χ1n) is 3.78. The molecule has 0 amide bonds. The Hall–Kier alpha value is -0.430. The van der Waals surface area contributed by atoms with E-state index in [2.05, 4.69) is 32.6 Å². The molecule has 0 fully saturated rings. The third kappa shape index (κ3) is 9.57. The van der Waals surface area contributed by atoms with Gasteiger partial charge in [0.15, 0.2) is 0 Å². The standard InChI is InChI=1S/C10H16S/c1-4-5-6-7-8-9-10(2,3)11/h4-9,11H,1-3H3/p+1/b5-4-,7-6-,9-8+. The Morgan fingerprint density at radius 3 is 2.00 bits per heavy atom. The second-order valence-corrected chi connectivity index (χ2v) is 4.28. The van der Waals surface area contributed by atoms with E-state index in [0.717, 1.165) is 0 Å². The summed E-state index contributed by atoms with van der Waals surface area (Å²) in [6.07, 6.45) is 12.2. The van der Waals surface area contributed by atoms with E-state index in [4.69, 9.17) is 0 Å². The molecule has 0 nitrogen and oxygen atoms in total. The molecule has 0 aromatic rings. The topological polar surface area (TPSA) is 0 Å². The monoisotopic (exact) mass is 169 g/mol. The van der Waals surface area contributed by atoms with Crippen LogP contribution in [0.2, 0.25) is 0 Å². The molecule has 0 aliphatic heterocycles. The minimum atomic E-state index is 0.0975. The molecule has 0 unspecified atom stereocenters. The highest BCUT2D eigenvalue weighted by Gasteiger charge is 2.10. The Balaban J connectivity index is 3.78. The van der Waals surface area contributed by atoms with Gasteiger partial charge in [0.25, 0.3) is 0 Å². The average molecular weight is 169 g/mol. The largest absolute Gasteiger partial charge is 0.136 e. The molecule has 0 bridgehead atoms. The van der Waals surface area contributed by atoms with Gasteiger partial charge in [-0.15, -0.1) is 0 Å². The molecule has 0 heterocycles. The Labute approximate surface area is 75.1 Å². The average Bonchev–Trinajstić information content (AvgIpc) is 1.85. The van der Waals surface area contributed by atoms with Gasteiger partial charge >= 0.3 is 0 Å². The lowest BCUT2D eigenvalue weighted by Crippen LogP contribution is -2.09. The lowest BCUT2D eigenvalue weighted by molar-refractivity contribution is 0.906. The quantitative estimate of drug-likeness (QED) is 0.450. The third-order valence-corrected chi connectivity index (χ3v) is 1.21. The molecule has 0 saturated heterocycles. The maximum atomic E-state index is 3.56. The van der Waals surface area contributed by atoms with Crippen LogP contribution in [0.4, 0.5) is 0 Å². The van der Waals surface area contributed by atoms with E-state index < -0.39 is 0 Å². The first kappa shape index (κ1) is 10.6. The first-order chi connectivity index (χ1) is 5.06. The zero-order valence-corrected chi connectivity index (χ0v) is 8.46. The van der Waals surface area contributed by atoms with Crippen LogP contribution in [0, 0.1) is 0 Å². The highest BCUT2D eigenvalue weighted by molar-refractivity contribution is 7.60. The van der Waals surface area contributed by atoms with Crippen LogP contribution in [-0.4, -0.2) is 4.75 Å². The van der Waals surface area contributed by atoms with Gasteiger partial charge < -0.3 is 0 Å². The summed E-state index contributed by atoms with van der Waals surface area (Å²) < 4.78 is 0.0975. The van der Waals surface area contributed by atoms with Gasteiger partial charge in [-0.25, -0.2) is 0 Å². The van der Waals surface area contributed by atoms with Crippen LogP contribution >= 0.6 is 0 Å². The molecule has 0 atom stereocenters. The van der Waals surface area contributed by atoms with Crippen LogP contribution in [0.5, 0.6) is 0 Å². The molecule has 1 heteroatoms. The molecule has 0 aliphatic carbocycles. The molecule has 0 aromatic carbocycles. The van der Waals surface area contributed by atoms with Gasteiger partial charge in [0, 0.05) is 0 Å². The van der Waals surface area contributed by atoms with E-state index in [1.165, 1.54) is 0 Å². The van der Waals surface area contributed by atoms with Gasteiger partial charge in [0.2, 0.25) is 0 Å². The maximum absolute atomic E-state index is 3.56. The summed E-state index contributed by atoms with van der Waals surface area (Å²) in [5, 5.41) is 0. The summed E-state index contributed by atoms with van der Waals surface area (Å²) in [4.78, 5) is 0. The van der Waals surface area contributed by atoms with Crippen molar-refractivity contribution in [2.45, 2.75) is 25.5 Å². The molecule has 11 heavy (non-hydrogen) atoms. The smallest absolute Gasteiger partial charge is 0.0877 e. The minimum absolute atomic E-state index is 0.0975.